The highest BCUT2D eigenvalue weighted by Crippen LogP contribution is 2.19. The Morgan fingerprint density at radius 2 is 2.10 bits per heavy atom. The second-order valence-corrected chi connectivity index (χ2v) is 6.85. The van der Waals surface area contributed by atoms with Crippen LogP contribution in [0.15, 0.2) is 0 Å². The molecule has 1 heterocycles. The summed E-state index contributed by atoms with van der Waals surface area (Å²) in [7, 11) is 0. The van der Waals surface area contributed by atoms with Crippen molar-refractivity contribution in [1.29, 1.82) is 0 Å². The van der Waals surface area contributed by atoms with Crippen molar-refractivity contribution in [3.63, 3.8) is 0 Å². The number of carbonyl (C=O) groups excluding carboxylic acids is 3. The molecule has 21 heavy (non-hydrogen) atoms. The molecule has 2 atom stereocenters. The largest absolute Gasteiger partial charge is 0.444 e. The fourth-order valence-electron chi connectivity index (χ4n) is 2.35. The summed E-state index contributed by atoms with van der Waals surface area (Å²) < 4.78 is 5.14. The second kappa shape index (κ2) is 6.91. The van der Waals surface area contributed by atoms with Crippen LogP contribution in [0, 0.1) is 5.92 Å². The van der Waals surface area contributed by atoms with E-state index in [4.69, 9.17) is 4.74 Å². The molecule has 2 amide bonds. The number of hydrogen-bond donors (Lipinski definition) is 1. The van der Waals surface area contributed by atoms with Gasteiger partial charge in [0.05, 0.1) is 6.04 Å². The lowest BCUT2D eigenvalue weighted by atomic mass is 10.0. The molecule has 6 nitrogen and oxygen atoms in total. The lowest BCUT2D eigenvalue weighted by Crippen LogP contribution is -2.46. The highest BCUT2D eigenvalue weighted by molar-refractivity contribution is 5.89. The number of nitrogens with zero attached hydrogens (tertiary/aromatic N) is 1. The van der Waals surface area contributed by atoms with E-state index in [9.17, 15) is 14.4 Å². The number of carbonyl (C=O) groups is 3. The van der Waals surface area contributed by atoms with Gasteiger partial charge in [0, 0.05) is 6.54 Å². The Hall–Kier alpha value is -1.59. The van der Waals surface area contributed by atoms with Crippen LogP contribution in [0.3, 0.4) is 0 Å². The highest BCUT2D eigenvalue weighted by Gasteiger charge is 2.37. The van der Waals surface area contributed by atoms with Gasteiger partial charge in [-0.25, -0.2) is 4.79 Å². The van der Waals surface area contributed by atoms with E-state index >= 15 is 0 Å². The summed E-state index contributed by atoms with van der Waals surface area (Å²) in [6, 6.07) is -1.02. The number of likely N-dealkylation sites (tertiary alicyclic amines) is 1. The summed E-state index contributed by atoms with van der Waals surface area (Å²) in [6.07, 6.45) is 1.34. The van der Waals surface area contributed by atoms with Crippen LogP contribution in [-0.4, -0.2) is 47.4 Å². The Balaban J connectivity index is 2.60. The molecule has 0 aromatic carbocycles. The maximum absolute atomic E-state index is 12.3. The summed E-state index contributed by atoms with van der Waals surface area (Å²) in [6.45, 7) is 9.79. The quantitative estimate of drug-likeness (QED) is 0.784. The van der Waals surface area contributed by atoms with Gasteiger partial charge in [0.1, 0.15) is 17.9 Å². The Labute approximate surface area is 126 Å². The lowest BCUT2D eigenvalue weighted by Gasteiger charge is -2.25. The Morgan fingerprint density at radius 1 is 1.48 bits per heavy atom. The summed E-state index contributed by atoms with van der Waals surface area (Å²) >= 11 is 0. The Bertz CT molecular complexity index is 401. The summed E-state index contributed by atoms with van der Waals surface area (Å²) in [4.78, 5) is 36.7. The minimum absolute atomic E-state index is 0.210. The molecule has 1 saturated heterocycles. The SMILES string of the molecule is CC(C)C[C@@H](C=O)N1CC[C@H](NC(=O)OC(C)(C)C)C1=O. The van der Waals surface area contributed by atoms with Gasteiger partial charge in [-0.05, 0) is 39.5 Å². The highest BCUT2D eigenvalue weighted by atomic mass is 16.6. The van der Waals surface area contributed by atoms with E-state index in [0.29, 0.717) is 25.3 Å². The molecule has 0 unspecified atom stereocenters. The number of rotatable bonds is 5. The van der Waals surface area contributed by atoms with Gasteiger partial charge in [0.25, 0.3) is 0 Å². The fourth-order valence-corrected chi connectivity index (χ4v) is 2.35. The second-order valence-electron chi connectivity index (χ2n) is 6.85. The van der Waals surface area contributed by atoms with E-state index in [0.717, 1.165) is 6.29 Å². The van der Waals surface area contributed by atoms with Gasteiger partial charge in [-0.2, -0.15) is 0 Å². The first-order valence-corrected chi connectivity index (χ1v) is 7.39. The van der Waals surface area contributed by atoms with Crippen molar-refractivity contribution >= 4 is 18.3 Å². The summed E-state index contributed by atoms with van der Waals surface area (Å²) in [5.74, 6) is 0.115. The maximum Gasteiger partial charge on any atom is 0.408 e. The van der Waals surface area contributed by atoms with Crippen LogP contribution in [0.2, 0.25) is 0 Å². The van der Waals surface area contributed by atoms with Crippen LogP contribution >= 0.6 is 0 Å². The van der Waals surface area contributed by atoms with E-state index in [-0.39, 0.29) is 5.91 Å². The number of alkyl carbamates (subject to hydrolysis) is 1. The molecule has 0 radical (unpaired) electrons. The third-order valence-electron chi connectivity index (χ3n) is 3.20. The van der Waals surface area contributed by atoms with Gasteiger partial charge in [-0.15, -0.1) is 0 Å². The number of ether oxygens (including phenoxy) is 1. The summed E-state index contributed by atoms with van der Waals surface area (Å²) in [5.41, 5.74) is -0.603. The molecule has 0 saturated carbocycles. The molecule has 0 bridgehead atoms. The van der Waals surface area contributed by atoms with Crippen LogP contribution in [0.1, 0.15) is 47.5 Å². The van der Waals surface area contributed by atoms with Gasteiger partial charge in [-0.1, -0.05) is 13.8 Å². The van der Waals surface area contributed by atoms with Crippen LogP contribution in [0.5, 0.6) is 0 Å². The van der Waals surface area contributed by atoms with E-state index in [1.165, 1.54) is 0 Å². The van der Waals surface area contributed by atoms with E-state index < -0.39 is 23.8 Å². The van der Waals surface area contributed by atoms with Gasteiger partial charge < -0.3 is 19.7 Å². The first-order valence-electron chi connectivity index (χ1n) is 7.39. The summed E-state index contributed by atoms with van der Waals surface area (Å²) in [5, 5.41) is 2.58. The number of hydrogen-bond acceptors (Lipinski definition) is 4. The molecule has 0 aliphatic carbocycles. The van der Waals surface area contributed by atoms with Crippen molar-refractivity contribution in [2.24, 2.45) is 5.92 Å². The van der Waals surface area contributed by atoms with Crippen molar-refractivity contribution in [1.82, 2.24) is 10.2 Å². The molecule has 6 heteroatoms. The zero-order valence-corrected chi connectivity index (χ0v) is 13.5. The van der Waals surface area contributed by atoms with E-state index in [1.807, 2.05) is 13.8 Å². The van der Waals surface area contributed by atoms with Crippen molar-refractivity contribution in [3.05, 3.63) is 0 Å². The standard InChI is InChI=1S/C15H26N2O4/c1-10(2)8-11(9-18)17-7-6-12(13(17)19)16-14(20)21-15(3,4)5/h9-12H,6-8H2,1-5H3,(H,16,20)/t11-,12-/m0/s1. The zero-order chi connectivity index (χ0) is 16.2. The van der Waals surface area contributed by atoms with Gasteiger partial charge >= 0.3 is 6.09 Å². The van der Waals surface area contributed by atoms with Crippen LogP contribution in [0.4, 0.5) is 4.79 Å². The molecule has 1 aliphatic heterocycles. The van der Waals surface area contributed by atoms with Crippen LogP contribution in [-0.2, 0) is 14.3 Å². The van der Waals surface area contributed by atoms with Crippen molar-refractivity contribution in [2.45, 2.75) is 65.1 Å². The van der Waals surface area contributed by atoms with Gasteiger partial charge in [0.15, 0.2) is 0 Å². The Kier molecular flexibility index (Phi) is 5.75. The molecule has 0 aromatic heterocycles. The van der Waals surface area contributed by atoms with Gasteiger partial charge in [0.2, 0.25) is 5.91 Å². The van der Waals surface area contributed by atoms with E-state index in [1.54, 1.807) is 25.7 Å². The lowest BCUT2D eigenvalue weighted by molar-refractivity contribution is -0.134. The number of amides is 2. The van der Waals surface area contributed by atoms with Crippen molar-refractivity contribution in [3.8, 4) is 0 Å². The smallest absolute Gasteiger partial charge is 0.408 e. The average molecular weight is 298 g/mol. The van der Waals surface area contributed by atoms with E-state index in [2.05, 4.69) is 5.32 Å². The normalized spacial score (nSPS) is 20.6. The minimum Gasteiger partial charge on any atom is -0.444 e. The number of nitrogens with one attached hydrogen (secondary N) is 1. The number of aldehydes is 1. The van der Waals surface area contributed by atoms with Crippen LogP contribution < -0.4 is 5.32 Å². The van der Waals surface area contributed by atoms with Crippen molar-refractivity contribution < 1.29 is 19.1 Å². The predicted octanol–water partition coefficient (Wildman–Crippen LogP) is 1.73. The molecule has 1 rings (SSSR count). The molecule has 0 spiro atoms. The van der Waals surface area contributed by atoms with Crippen LogP contribution in [0.25, 0.3) is 0 Å². The molecule has 120 valence electrons. The van der Waals surface area contributed by atoms with Gasteiger partial charge in [-0.3, -0.25) is 4.79 Å². The Morgan fingerprint density at radius 3 is 2.57 bits per heavy atom. The monoisotopic (exact) mass is 298 g/mol. The molecule has 1 fully saturated rings. The minimum atomic E-state index is -0.603. The predicted molar refractivity (Wildman–Crippen MR) is 78.8 cm³/mol. The third kappa shape index (κ3) is 5.36. The molecule has 0 aromatic rings. The molecule has 1 aliphatic rings. The zero-order valence-electron chi connectivity index (χ0n) is 13.5. The average Bonchev–Trinajstić information content (AvgIpc) is 2.65. The first-order chi connectivity index (χ1) is 9.64. The molecular formula is C15H26N2O4. The molecule has 1 N–H and O–H groups in total. The third-order valence-corrected chi connectivity index (χ3v) is 3.20. The van der Waals surface area contributed by atoms with Crippen molar-refractivity contribution in [2.75, 3.05) is 6.54 Å². The molecular weight excluding hydrogens is 272 g/mol. The first kappa shape index (κ1) is 17.5. The maximum atomic E-state index is 12.3. The fraction of sp³-hybridized carbons (Fsp3) is 0.800. The topological polar surface area (TPSA) is 75.7 Å².